The minimum Gasteiger partial charge on any atom is -0.326 e. The molecule has 1 aliphatic heterocycles. The highest BCUT2D eigenvalue weighted by Gasteiger charge is 2.25. The molecule has 1 N–H and O–H groups in total. The predicted octanol–water partition coefficient (Wildman–Crippen LogP) is 4.76. The first-order chi connectivity index (χ1) is 13.9. The maximum atomic E-state index is 12.7. The molecule has 2 aromatic carbocycles. The SMILES string of the molecule is Cn1c(=O)sc2cc(NC(=O)C3CCN(Cc4ccc(Cl)c(Cl)c4)CC3)ccc21. The number of hydrogen-bond acceptors (Lipinski definition) is 4. The predicted molar refractivity (Wildman–Crippen MR) is 120 cm³/mol. The van der Waals surface area contributed by atoms with Gasteiger partial charge in [0.05, 0.1) is 20.3 Å². The number of anilines is 1. The van der Waals surface area contributed by atoms with Crippen LogP contribution in [-0.2, 0) is 18.4 Å². The molecule has 152 valence electrons. The van der Waals surface area contributed by atoms with Crippen LogP contribution >= 0.6 is 34.5 Å². The molecule has 0 spiro atoms. The molecule has 0 bridgehead atoms. The van der Waals surface area contributed by atoms with Crippen LogP contribution in [0.2, 0.25) is 10.0 Å². The summed E-state index contributed by atoms with van der Waals surface area (Å²) >= 11 is 13.3. The molecule has 0 atom stereocenters. The number of amides is 1. The van der Waals surface area contributed by atoms with Gasteiger partial charge in [0.1, 0.15) is 0 Å². The highest BCUT2D eigenvalue weighted by Crippen LogP contribution is 2.26. The Morgan fingerprint density at radius 3 is 2.62 bits per heavy atom. The van der Waals surface area contributed by atoms with Crippen molar-refractivity contribution in [3.8, 4) is 0 Å². The Balaban J connectivity index is 1.34. The normalized spacial score (nSPS) is 15.7. The minimum atomic E-state index is -0.00901. The van der Waals surface area contributed by atoms with Crippen molar-refractivity contribution in [2.75, 3.05) is 18.4 Å². The first kappa shape index (κ1) is 20.4. The molecule has 29 heavy (non-hydrogen) atoms. The molecule has 4 rings (SSSR count). The number of nitrogens with one attached hydrogen (secondary N) is 1. The number of aromatic nitrogens is 1. The number of fused-ring (bicyclic) bond motifs is 1. The second-order valence-corrected chi connectivity index (χ2v) is 9.21. The van der Waals surface area contributed by atoms with Crippen molar-refractivity contribution in [2.45, 2.75) is 19.4 Å². The molecule has 0 aliphatic carbocycles. The Labute approximate surface area is 182 Å². The van der Waals surface area contributed by atoms with Crippen LogP contribution in [0.3, 0.4) is 0 Å². The van der Waals surface area contributed by atoms with E-state index in [2.05, 4.69) is 10.2 Å². The molecule has 0 unspecified atom stereocenters. The van der Waals surface area contributed by atoms with Gasteiger partial charge in [0.2, 0.25) is 5.91 Å². The molecule has 0 saturated carbocycles. The van der Waals surface area contributed by atoms with Crippen LogP contribution in [0.15, 0.2) is 41.2 Å². The fourth-order valence-electron chi connectivity index (χ4n) is 3.71. The van der Waals surface area contributed by atoms with E-state index in [0.29, 0.717) is 10.0 Å². The molecule has 0 radical (unpaired) electrons. The number of hydrogen-bond donors (Lipinski definition) is 1. The van der Waals surface area contributed by atoms with E-state index < -0.39 is 0 Å². The quantitative estimate of drug-likeness (QED) is 0.624. The maximum absolute atomic E-state index is 12.7. The summed E-state index contributed by atoms with van der Waals surface area (Å²) in [6, 6.07) is 11.3. The van der Waals surface area contributed by atoms with E-state index in [0.717, 1.165) is 53.9 Å². The summed E-state index contributed by atoms with van der Waals surface area (Å²) in [6.07, 6.45) is 1.63. The Kier molecular flexibility index (Phi) is 5.97. The zero-order valence-electron chi connectivity index (χ0n) is 16.0. The molecule has 5 nitrogen and oxygen atoms in total. The van der Waals surface area contributed by atoms with Gasteiger partial charge in [-0.25, -0.2) is 0 Å². The van der Waals surface area contributed by atoms with Crippen LogP contribution in [0.5, 0.6) is 0 Å². The van der Waals surface area contributed by atoms with E-state index in [1.165, 1.54) is 11.3 Å². The van der Waals surface area contributed by atoms with Crippen molar-refractivity contribution in [1.29, 1.82) is 0 Å². The van der Waals surface area contributed by atoms with Crippen LogP contribution < -0.4 is 10.2 Å². The first-order valence-electron chi connectivity index (χ1n) is 9.47. The summed E-state index contributed by atoms with van der Waals surface area (Å²) in [5, 5.41) is 4.15. The summed E-state index contributed by atoms with van der Waals surface area (Å²) in [7, 11) is 1.76. The van der Waals surface area contributed by atoms with Crippen molar-refractivity contribution in [2.24, 2.45) is 13.0 Å². The third-order valence-electron chi connectivity index (χ3n) is 5.41. The van der Waals surface area contributed by atoms with Crippen molar-refractivity contribution in [3.63, 3.8) is 0 Å². The lowest BCUT2D eigenvalue weighted by molar-refractivity contribution is -0.121. The average molecular weight is 450 g/mol. The van der Waals surface area contributed by atoms with Gasteiger partial charge in [-0.1, -0.05) is 40.6 Å². The molecule has 2 heterocycles. The van der Waals surface area contributed by atoms with E-state index in [-0.39, 0.29) is 16.7 Å². The summed E-state index contributed by atoms with van der Waals surface area (Å²) in [5.74, 6) is 0.0343. The van der Waals surface area contributed by atoms with Gasteiger partial charge < -0.3 is 9.88 Å². The summed E-state index contributed by atoms with van der Waals surface area (Å²) in [4.78, 5) is 26.8. The summed E-state index contributed by atoms with van der Waals surface area (Å²) in [5.41, 5.74) is 2.74. The number of nitrogens with zero attached hydrogens (tertiary/aromatic N) is 2. The highest BCUT2D eigenvalue weighted by molar-refractivity contribution is 7.16. The lowest BCUT2D eigenvalue weighted by Gasteiger charge is -2.31. The number of halogens is 2. The van der Waals surface area contributed by atoms with Crippen LogP contribution in [0.25, 0.3) is 10.2 Å². The number of rotatable bonds is 4. The lowest BCUT2D eigenvalue weighted by atomic mass is 9.95. The molecule has 1 amide bonds. The van der Waals surface area contributed by atoms with Crippen LogP contribution in [0.1, 0.15) is 18.4 Å². The van der Waals surface area contributed by atoms with Crippen molar-refractivity contribution in [1.82, 2.24) is 9.47 Å². The van der Waals surface area contributed by atoms with E-state index in [1.54, 1.807) is 11.6 Å². The molecular weight excluding hydrogens is 429 g/mol. The Morgan fingerprint density at radius 1 is 1.14 bits per heavy atom. The van der Waals surface area contributed by atoms with Gasteiger partial charge in [0.25, 0.3) is 0 Å². The number of likely N-dealkylation sites (tertiary alicyclic amines) is 1. The number of thiazole rings is 1. The molecule has 8 heteroatoms. The smallest absolute Gasteiger partial charge is 0.307 e. The number of piperidine rings is 1. The summed E-state index contributed by atoms with van der Waals surface area (Å²) in [6.45, 7) is 2.52. The zero-order chi connectivity index (χ0) is 20.5. The lowest BCUT2D eigenvalue weighted by Crippen LogP contribution is -2.37. The van der Waals surface area contributed by atoms with Crippen LogP contribution in [0, 0.1) is 5.92 Å². The Bertz CT molecular complexity index is 1120. The van der Waals surface area contributed by atoms with Gasteiger partial charge in [-0.3, -0.25) is 14.5 Å². The number of carbonyl (C=O) groups excluding carboxylic acids is 1. The van der Waals surface area contributed by atoms with Crippen molar-refractivity contribution >= 4 is 56.3 Å². The topological polar surface area (TPSA) is 54.3 Å². The van der Waals surface area contributed by atoms with E-state index in [9.17, 15) is 9.59 Å². The number of carbonyl (C=O) groups is 1. The molecule has 3 aromatic rings. The van der Waals surface area contributed by atoms with Crippen LogP contribution in [0.4, 0.5) is 5.69 Å². The van der Waals surface area contributed by atoms with Gasteiger partial charge in [0, 0.05) is 25.2 Å². The molecule has 1 fully saturated rings. The number of benzene rings is 2. The zero-order valence-corrected chi connectivity index (χ0v) is 18.3. The number of aryl methyl sites for hydroxylation is 1. The van der Waals surface area contributed by atoms with Gasteiger partial charge in [-0.2, -0.15) is 0 Å². The average Bonchev–Trinajstić information content (AvgIpc) is 2.98. The monoisotopic (exact) mass is 449 g/mol. The second-order valence-electron chi connectivity index (χ2n) is 7.40. The van der Waals surface area contributed by atoms with Crippen molar-refractivity contribution < 1.29 is 4.79 Å². The van der Waals surface area contributed by atoms with Gasteiger partial charge in [-0.05, 0) is 61.8 Å². The third kappa shape index (κ3) is 4.51. The fraction of sp³-hybridized carbons (Fsp3) is 0.333. The molecular formula is C21H21Cl2N3O2S. The molecule has 1 aliphatic rings. The Hall–Kier alpha value is -1.86. The fourth-order valence-corrected chi connectivity index (χ4v) is 4.94. The van der Waals surface area contributed by atoms with Crippen LogP contribution in [-0.4, -0.2) is 28.5 Å². The van der Waals surface area contributed by atoms with Crippen molar-refractivity contribution in [3.05, 3.63) is 61.7 Å². The minimum absolute atomic E-state index is 0.00202. The van der Waals surface area contributed by atoms with E-state index in [1.807, 2.05) is 36.4 Å². The van der Waals surface area contributed by atoms with E-state index >= 15 is 0 Å². The maximum Gasteiger partial charge on any atom is 0.307 e. The Morgan fingerprint density at radius 2 is 1.90 bits per heavy atom. The van der Waals surface area contributed by atoms with Gasteiger partial charge >= 0.3 is 4.87 Å². The van der Waals surface area contributed by atoms with Gasteiger partial charge in [-0.15, -0.1) is 0 Å². The van der Waals surface area contributed by atoms with E-state index in [4.69, 9.17) is 23.2 Å². The first-order valence-corrected chi connectivity index (χ1v) is 11.0. The largest absolute Gasteiger partial charge is 0.326 e. The summed E-state index contributed by atoms with van der Waals surface area (Å²) < 4.78 is 2.50. The highest BCUT2D eigenvalue weighted by atomic mass is 35.5. The standard InChI is InChI=1S/C21H21Cl2N3O2S/c1-25-18-5-3-15(11-19(18)29-21(25)28)24-20(27)14-6-8-26(9-7-14)12-13-2-4-16(22)17(23)10-13/h2-5,10-11,14H,6-9,12H2,1H3,(H,24,27). The second kappa shape index (κ2) is 8.48. The third-order valence-corrected chi connectivity index (χ3v) is 7.14. The molecule has 1 aromatic heterocycles. The molecule has 1 saturated heterocycles. The van der Waals surface area contributed by atoms with Gasteiger partial charge in [0.15, 0.2) is 0 Å².